The van der Waals surface area contributed by atoms with Gasteiger partial charge in [-0.15, -0.1) is 0 Å². The van der Waals surface area contributed by atoms with Crippen LogP contribution in [0.4, 0.5) is 0 Å². The second-order valence-electron chi connectivity index (χ2n) is 4.72. The Bertz CT molecular complexity index is 587. The number of methoxy groups -OCH3 is 1. The summed E-state index contributed by atoms with van der Waals surface area (Å²) in [5, 5.41) is 0. The summed E-state index contributed by atoms with van der Waals surface area (Å²) in [6.07, 6.45) is 2.07. The average Bonchev–Trinajstić information content (AvgIpc) is 2.74. The zero-order valence-corrected chi connectivity index (χ0v) is 12.0. The Hall–Kier alpha value is -1.81. The monoisotopic (exact) mass is 259 g/mol. The SMILES string of the molecule is COc1ccc(-c2cn(CCN)c(C)n2)c(C)c1C. The maximum absolute atomic E-state index is 5.60. The maximum atomic E-state index is 5.60. The molecular weight excluding hydrogens is 238 g/mol. The summed E-state index contributed by atoms with van der Waals surface area (Å²) in [6, 6.07) is 4.06. The van der Waals surface area contributed by atoms with E-state index in [9.17, 15) is 0 Å². The highest BCUT2D eigenvalue weighted by Crippen LogP contribution is 2.30. The molecule has 102 valence electrons. The fraction of sp³-hybridized carbons (Fsp3) is 0.400. The van der Waals surface area contributed by atoms with E-state index in [2.05, 4.69) is 35.7 Å². The molecule has 4 nitrogen and oxygen atoms in total. The molecule has 1 heterocycles. The number of aromatic nitrogens is 2. The molecular formula is C15H21N3O. The fourth-order valence-electron chi connectivity index (χ4n) is 2.30. The molecule has 0 bridgehead atoms. The number of hydrogen-bond acceptors (Lipinski definition) is 3. The average molecular weight is 259 g/mol. The minimum Gasteiger partial charge on any atom is -0.496 e. The van der Waals surface area contributed by atoms with Crippen molar-refractivity contribution in [2.75, 3.05) is 13.7 Å². The van der Waals surface area contributed by atoms with Crippen LogP contribution in [0.3, 0.4) is 0 Å². The van der Waals surface area contributed by atoms with Crippen molar-refractivity contribution in [3.63, 3.8) is 0 Å². The van der Waals surface area contributed by atoms with E-state index in [1.807, 2.05) is 13.0 Å². The van der Waals surface area contributed by atoms with Crippen molar-refractivity contribution in [1.82, 2.24) is 9.55 Å². The van der Waals surface area contributed by atoms with Crippen LogP contribution in [-0.2, 0) is 6.54 Å². The van der Waals surface area contributed by atoms with Gasteiger partial charge in [0.05, 0.1) is 12.8 Å². The minimum atomic E-state index is 0.622. The summed E-state index contributed by atoms with van der Waals surface area (Å²) in [4.78, 5) is 4.62. The van der Waals surface area contributed by atoms with Gasteiger partial charge in [-0.05, 0) is 44.0 Å². The first-order valence-electron chi connectivity index (χ1n) is 6.47. The summed E-state index contributed by atoms with van der Waals surface area (Å²) < 4.78 is 7.43. The third-order valence-electron chi connectivity index (χ3n) is 3.58. The first-order valence-corrected chi connectivity index (χ1v) is 6.47. The lowest BCUT2D eigenvalue weighted by Gasteiger charge is -2.10. The topological polar surface area (TPSA) is 53.1 Å². The molecule has 0 radical (unpaired) electrons. The van der Waals surface area contributed by atoms with Crippen LogP contribution < -0.4 is 10.5 Å². The molecule has 2 aromatic rings. The standard InChI is InChI=1S/C15H21N3O/c1-10-11(2)15(19-4)6-5-13(10)14-9-18(8-7-16)12(3)17-14/h5-6,9H,7-8,16H2,1-4H3. The van der Waals surface area contributed by atoms with Crippen molar-refractivity contribution < 1.29 is 4.74 Å². The highest BCUT2D eigenvalue weighted by molar-refractivity contribution is 5.67. The van der Waals surface area contributed by atoms with Crippen LogP contribution in [0, 0.1) is 20.8 Å². The van der Waals surface area contributed by atoms with Crippen LogP contribution in [0.25, 0.3) is 11.3 Å². The smallest absolute Gasteiger partial charge is 0.122 e. The van der Waals surface area contributed by atoms with E-state index in [1.165, 1.54) is 5.56 Å². The van der Waals surface area contributed by atoms with Crippen LogP contribution in [0.5, 0.6) is 5.75 Å². The molecule has 2 rings (SSSR count). The Morgan fingerprint density at radius 1 is 1.21 bits per heavy atom. The first kappa shape index (κ1) is 13.6. The number of rotatable bonds is 4. The predicted molar refractivity (Wildman–Crippen MR) is 77.5 cm³/mol. The molecule has 1 aromatic carbocycles. The lowest BCUT2D eigenvalue weighted by Crippen LogP contribution is -2.10. The summed E-state index contributed by atoms with van der Waals surface area (Å²) in [7, 11) is 1.70. The molecule has 0 atom stereocenters. The molecule has 19 heavy (non-hydrogen) atoms. The van der Waals surface area contributed by atoms with E-state index >= 15 is 0 Å². The molecule has 1 aromatic heterocycles. The third kappa shape index (κ3) is 2.49. The van der Waals surface area contributed by atoms with Gasteiger partial charge in [-0.3, -0.25) is 0 Å². The second-order valence-corrected chi connectivity index (χ2v) is 4.72. The highest BCUT2D eigenvalue weighted by atomic mass is 16.5. The van der Waals surface area contributed by atoms with Crippen LogP contribution in [-0.4, -0.2) is 23.2 Å². The van der Waals surface area contributed by atoms with Crippen LogP contribution in [0.1, 0.15) is 17.0 Å². The minimum absolute atomic E-state index is 0.622. The fourth-order valence-corrected chi connectivity index (χ4v) is 2.30. The Morgan fingerprint density at radius 2 is 1.95 bits per heavy atom. The van der Waals surface area contributed by atoms with Crippen molar-refractivity contribution in [2.24, 2.45) is 5.73 Å². The van der Waals surface area contributed by atoms with Gasteiger partial charge in [-0.2, -0.15) is 0 Å². The zero-order chi connectivity index (χ0) is 14.0. The van der Waals surface area contributed by atoms with Gasteiger partial charge in [0.15, 0.2) is 0 Å². The summed E-state index contributed by atoms with van der Waals surface area (Å²) in [5.74, 6) is 1.91. The van der Waals surface area contributed by atoms with Crippen molar-refractivity contribution in [3.8, 4) is 17.0 Å². The summed E-state index contributed by atoms with van der Waals surface area (Å²) in [5.41, 5.74) is 10.1. The van der Waals surface area contributed by atoms with Crippen LogP contribution in [0.15, 0.2) is 18.3 Å². The lowest BCUT2D eigenvalue weighted by molar-refractivity contribution is 0.411. The molecule has 0 aliphatic carbocycles. The van der Waals surface area contributed by atoms with E-state index in [0.29, 0.717) is 6.54 Å². The largest absolute Gasteiger partial charge is 0.496 e. The van der Waals surface area contributed by atoms with E-state index in [0.717, 1.165) is 34.9 Å². The van der Waals surface area contributed by atoms with Gasteiger partial charge in [-0.1, -0.05) is 0 Å². The maximum Gasteiger partial charge on any atom is 0.122 e. The molecule has 0 saturated heterocycles. The van der Waals surface area contributed by atoms with Crippen LogP contribution in [0.2, 0.25) is 0 Å². The normalized spacial score (nSPS) is 10.8. The van der Waals surface area contributed by atoms with Crippen LogP contribution >= 0.6 is 0 Å². The van der Waals surface area contributed by atoms with Gasteiger partial charge in [0.25, 0.3) is 0 Å². The zero-order valence-electron chi connectivity index (χ0n) is 12.0. The predicted octanol–water partition coefficient (Wildman–Crippen LogP) is 2.44. The Labute approximate surface area is 114 Å². The number of benzene rings is 1. The van der Waals surface area contributed by atoms with Gasteiger partial charge in [-0.25, -0.2) is 4.98 Å². The summed E-state index contributed by atoms with van der Waals surface area (Å²) >= 11 is 0. The highest BCUT2D eigenvalue weighted by Gasteiger charge is 2.12. The van der Waals surface area contributed by atoms with Gasteiger partial charge in [0.1, 0.15) is 11.6 Å². The molecule has 0 saturated carbocycles. The van der Waals surface area contributed by atoms with E-state index < -0.39 is 0 Å². The number of imidazole rings is 1. The number of hydrogen-bond donors (Lipinski definition) is 1. The number of ether oxygens (including phenoxy) is 1. The molecule has 4 heteroatoms. The van der Waals surface area contributed by atoms with Gasteiger partial charge < -0.3 is 15.0 Å². The molecule has 0 amide bonds. The summed E-state index contributed by atoms with van der Waals surface area (Å²) in [6.45, 7) is 7.60. The Balaban J connectivity index is 2.47. The Morgan fingerprint density at radius 3 is 2.58 bits per heavy atom. The number of aryl methyl sites for hydroxylation is 1. The lowest BCUT2D eigenvalue weighted by atomic mass is 10.0. The molecule has 0 spiro atoms. The molecule has 0 unspecified atom stereocenters. The van der Waals surface area contributed by atoms with Crippen molar-refractivity contribution >= 4 is 0 Å². The van der Waals surface area contributed by atoms with E-state index in [-0.39, 0.29) is 0 Å². The molecule has 0 aliphatic heterocycles. The number of nitrogens with zero attached hydrogens (tertiary/aromatic N) is 2. The van der Waals surface area contributed by atoms with E-state index in [1.54, 1.807) is 7.11 Å². The molecule has 0 aliphatic rings. The van der Waals surface area contributed by atoms with Gasteiger partial charge >= 0.3 is 0 Å². The first-order chi connectivity index (χ1) is 9.08. The third-order valence-corrected chi connectivity index (χ3v) is 3.58. The quantitative estimate of drug-likeness (QED) is 0.917. The van der Waals surface area contributed by atoms with Crippen molar-refractivity contribution in [1.29, 1.82) is 0 Å². The van der Waals surface area contributed by atoms with E-state index in [4.69, 9.17) is 10.5 Å². The molecule has 2 N–H and O–H groups in total. The molecule has 0 fully saturated rings. The van der Waals surface area contributed by atoms with Gasteiger partial charge in [0.2, 0.25) is 0 Å². The number of nitrogens with two attached hydrogens (primary N) is 1. The Kier molecular flexibility index (Phi) is 3.90. The van der Waals surface area contributed by atoms with Crippen molar-refractivity contribution in [2.45, 2.75) is 27.3 Å². The van der Waals surface area contributed by atoms with Gasteiger partial charge in [0, 0.05) is 24.8 Å². The van der Waals surface area contributed by atoms with Crippen molar-refractivity contribution in [3.05, 3.63) is 35.3 Å². The second kappa shape index (κ2) is 5.45.